The van der Waals surface area contributed by atoms with E-state index >= 15 is 0 Å². The van der Waals surface area contributed by atoms with Crippen molar-refractivity contribution in [3.8, 4) is 22.6 Å². The lowest BCUT2D eigenvalue weighted by Gasteiger charge is -2.15. The fourth-order valence-corrected chi connectivity index (χ4v) is 19.9. The summed E-state index contributed by atoms with van der Waals surface area (Å²) in [5.41, 5.74) is 3.82. The van der Waals surface area contributed by atoms with Crippen molar-refractivity contribution < 1.29 is 10.2 Å². The summed E-state index contributed by atoms with van der Waals surface area (Å²) in [6.07, 6.45) is 14.1. The highest BCUT2D eigenvalue weighted by Crippen LogP contribution is 2.63. The molecule has 0 aromatic heterocycles. The topological polar surface area (TPSA) is 40.5 Å². The maximum atomic E-state index is 11.3. The predicted octanol–water partition coefficient (Wildman–Crippen LogP) is 16.4. The van der Waals surface area contributed by atoms with Crippen molar-refractivity contribution in [2.75, 3.05) is 0 Å². The van der Waals surface area contributed by atoms with Crippen LogP contribution >= 0.6 is 118 Å². The fourth-order valence-electron chi connectivity index (χ4n) is 6.77. The van der Waals surface area contributed by atoms with Crippen molar-refractivity contribution in [3.05, 3.63) is 152 Å². The first-order valence-electron chi connectivity index (χ1n) is 17.4. The SMILES string of the molecule is Oc1ccc2cc(CSC3=CSC(=C4SC5=CCCC=C5S4)S3)ccc2c1-c1c(O)ccc2cc(CSC3=CSC(=C4SC5=CCCC=C5S4)S3)ccc12. The molecule has 4 aromatic carbocycles. The third kappa shape index (κ3) is 7.47. The molecule has 0 unspecified atom stereocenters. The minimum absolute atomic E-state index is 0.171. The molecule has 0 amide bonds. The zero-order valence-corrected chi connectivity index (χ0v) is 36.6. The molecule has 0 spiro atoms. The van der Waals surface area contributed by atoms with E-state index in [1.165, 1.54) is 56.2 Å². The summed E-state index contributed by atoms with van der Waals surface area (Å²) >= 11 is 19.0. The van der Waals surface area contributed by atoms with Crippen LogP contribution in [0.5, 0.6) is 11.5 Å². The lowest BCUT2D eigenvalue weighted by Crippen LogP contribution is -1.89. The molecular weight excluding hydrogens is 857 g/mol. The van der Waals surface area contributed by atoms with Crippen LogP contribution in [0.4, 0.5) is 0 Å². The Morgan fingerprint density at radius 3 is 1.28 bits per heavy atom. The quantitative estimate of drug-likeness (QED) is 0.186. The lowest BCUT2D eigenvalue weighted by atomic mass is 9.91. The highest BCUT2D eigenvalue weighted by Gasteiger charge is 2.29. The average Bonchev–Trinajstić information content (AvgIpc) is 4.02. The van der Waals surface area contributed by atoms with E-state index in [1.54, 1.807) is 12.1 Å². The number of allylic oxidation sites excluding steroid dienone is 4. The Labute approximate surface area is 357 Å². The average molecular weight is 887 g/mol. The summed E-state index contributed by atoms with van der Waals surface area (Å²) in [7, 11) is 0. The molecule has 2 nitrogen and oxygen atoms in total. The fraction of sp³-hybridized carbons (Fsp3) is 0.143. The second-order valence-corrected chi connectivity index (χ2v) is 24.6. The van der Waals surface area contributed by atoms with Crippen LogP contribution in [0.1, 0.15) is 36.8 Å². The summed E-state index contributed by atoms with van der Waals surface area (Å²) in [5, 5.41) is 31.1. The van der Waals surface area contributed by atoms with E-state index < -0.39 is 0 Å². The van der Waals surface area contributed by atoms with Crippen LogP contribution in [0.2, 0.25) is 0 Å². The van der Waals surface area contributed by atoms with E-state index in [0.717, 1.165) is 58.7 Å². The molecule has 0 saturated carbocycles. The van der Waals surface area contributed by atoms with Crippen LogP contribution in [0, 0.1) is 0 Å². The maximum Gasteiger partial charge on any atom is 0.124 e. The lowest BCUT2D eigenvalue weighted by molar-refractivity contribution is 0.470. The molecule has 0 radical (unpaired) electrons. The molecule has 4 aromatic rings. The summed E-state index contributed by atoms with van der Waals surface area (Å²) in [5.74, 6) is 2.08. The summed E-state index contributed by atoms with van der Waals surface area (Å²) in [6, 6.07) is 20.5. The molecule has 0 atom stereocenters. The first kappa shape index (κ1) is 36.7. The van der Waals surface area contributed by atoms with E-state index in [9.17, 15) is 10.2 Å². The standard InChI is InChI=1S/C42H30O2S10/c43-29-15-11-25-17-23(19-45-35-21-47-39(53-35)41-49-31-5-1-2-6-32(31)50-41)9-13-27(25)37(29)38-28-14-10-24(18-26(28)12-16-30(38)44)20-46-36-22-48-40(54-36)42-51-33-7-3-4-8-34(33)52-42/h5-18,21-22,43-44H,1-4,19-20H2. The zero-order valence-electron chi connectivity index (χ0n) is 28.5. The molecule has 2 fully saturated rings. The molecule has 12 heteroatoms. The summed E-state index contributed by atoms with van der Waals surface area (Å²) < 4.78 is 8.29. The molecule has 4 aliphatic heterocycles. The van der Waals surface area contributed by atoms with Crippen LogP contribution in [-0.2, 0) is 11.5 Å². The van der Waals surface area contributed by atoms with E-state index in [4.69, 9.17) is 0 Å². The normalized spacial score (nSPS) is 19.6. The van der Waals surface area contributed by atoms with Crippen molar-refractivity contribution in [1.29, 1.82) is 0 Å². The molecular formula is C42H30O2S10. The largest absolute Gasteiger partial charge is 0.507 e. The van der Waals surface area contributed by atoms with Gasteiger partial charge in [0.2, 0.25) is 0 Å². The molecule has 54 heavy (non-hydrogen) atoms. The van der Waals surface area contributed by atoms with Crippen molar-refractivity contribution in [2.45, 2.75) is 37.2 Å². The van der Waals surface area contributed by atoms with Gasteiger partial charge >= 0.3 is 0 Å². The highest BCUT2D eigenvalue weighted by molar-refractivity contribution is 8.39. The molecule has 270 valence electrons. The van der Waals surface area contributed by atoms with Gasteiger partial charge in [-0.15, -0.1) is 23.5 Å². The molecule has 2 aliphatic carbocycles. The van der Waals surface area contributed by atoms with Crippen molar-refractivity contribution in [1.82, 2.24) is 0 Å². The van der Waals surface area contributed by atoms with E-state index in [0.29, 0.717) is 11.1 Å². The van der Waals surface area contributed by atoms with E-state index in [1.807, 2.05) is 130 Å². The van der Waals surface area contributed by atoms with Crippen molar-refractivity contribution in [3.63, 3.8) is 0 Å². The predicted molar refractivity (Wildman–Crippen MR) is 255 cm³/mol. The van der Waals surface area contributed by atoms with Crippen LogP contribution in [0.25, 0.3) is 32.7 Å². The highest BCUT2D eigenvalue weighted by atomic mass is 32.2. The molecule has 2 N–H and O–H groups in total. The summed E-state index contributed by atoms with van der Waals surface area (Å²) in [4.78, 5) is 5.73. The van der Waals surface area contributed by atoms with Gasteiger partial charge in [0.25, 0.3) is 0 Å². The molecule has 2 saturated heterocycles. The van der Waals surface area contributed by atoms with E-state index in [2.05, 4.69) is 71.5 Å². The second-order valence-electron chi connectivity index (χ2n) is 12.9. The number of phenols is 2. The maximum absolute atomic E-state index is 11.3. The minimum Gasteiger partial charge on any atom is -0.507 e. The number of benzene rings is 4. The van der Waals surface area contributed by atoms with Crippen molar-refractivity contribution >= 4 is 139 Å². The van der Waals surface area contributed by atoms with Crippen molar-refractivity contribution in [2.24, 2.45) is 0 Å². The Morgan fingerprint density at radius 2 is 0.870 bits per heavy atom. The Balaban J connectivity index is 0.838. The summed E-state index contributed by atoms with van der Waals surface area (Å²) in [6.45, 7) is 0. The van der Waals surface area contributed by atoms with Gasteiger partial charge in [-0.25, -0.2) is 0 Å². The van der Waals surface area contributed by atoms with Crippen LogP contribution in [-0.4, -0.2) is 10.2 Å². The van der Waals surface area contributed by atoms with Gasteiger partial charge in [-0.3, -0.25) is 0 Å². The molecule has 0 bridgehead atoms. The van der Waals surface area contributed by atoms with Gasteiger partial charge in [0, 0.05) is 42.3 Å². The third-order valence-corrected chi connectivity index (χ3v) is 23.2. The first-order chi connectivity index (χ1) is 26.5. The third-order valence-electron chi connectivity index (χ3n) is 9.33. The molecule has 10 rings (SSSR count). The molecule has 6 aliphatic rings. The number of hydrogen-bond acceptors (Lipinski definition) is 12. The van der Waals surface area contributed by atoms with Crippen LogP contribution in [0.15, 0.2) is 141 Å². The Bertz CT molecular complexity index is 2310. The monoisotopic (exact) mass is 886 g/mol. The number of fused-ring (bicyclic) bond motifs is 4. The number of phenolic OH excluding ortho intramolecular Hbond substituents is 2. The van der Waals surface area contributed by atoms with Gasteiger partial charge in [-0.05, 0) is 81.3 Å². The number of aromatic hydroxyl groups is 2. The van der Waals surface area contributed by atoms with Crippen LogP contribution in [0.3, 0.4) is 0 Å². The Hall–Kier alpha value is -1.58. The second kappa shape index (κ2) is 16.0. The van der Waals surface area contributed by atoms with Gasteiger partial charge in [-0.2, -0.15) is 0 Å². The first-order valence-corrected chi connectivity index (χ1v) is 26.0. The number of thioether (sulfide) groups is 10. The number of hydrogen-bond donors (Lipinski definition) is 2. The van der Waals surface area contributed by atoms with Gasteiger partial charge in [0.15, 0.2) is 0 Å². The Kier molecular flexibility index (Phi) is 10.9. The van der Waals surface area contributed by atoms with E-state index in [-0.39, 0.29) is 11.5 Å². The van der Waals surface area contributed by atoms with Crippen LogP contribution < -0.4 is 0 Å². The zero-order chi connectivity index (χ0) is 36.2. The van der Waals surface area contributed by atoms with Gasteiger partial charge in [0.05, 0.1) is 25.4 Å². The smallest absolute Gasteiger partial charge is 0.124 e. The van der Waals surface area contributed by atoms with Gasteiger partial charge in [-0.1, -0.05) is 167 Å². The minimum atomic E-state index is 0.171. The van der Waals surface area contributed by atoms with Gasteiger partial charge in [0.1, 0.15) is 11.5 Å². The van der Waals surface area contributed by atoms with Gasteiger partial charge < -0.3 is 10.2 Å². The number of rotatable bonds is 7. The molecule has 4 heterocycles. The Morgan fingerprint density at radius 1 is 0.463 bits per heavy atom.